The minimum Gasteiger partial charge on any atom is -0.350 e. The molecule has 1 aromatic heterocycles. The van der Waals surface area contributed by atoms with Crippen molar-refractivity contribution < 1.29 is 18.8 Å². The molecule has 1 saturated carbocycles. The lowest BCUT2D eigenvalue weighted by Gasteiger charge is -2.28. The summed E-state index contributed by atoms with van der Waals surface area (Å²) in [5, 5.41) is 22.7. The Labute approximate surface area is 273 Å². The summed E-state index contributed by atoms with van der Waals surface area (Å²) in [4.78, 5) is 39.6. The summed E-state index contributed by atoms with van der Waals surface area (Å²) in [6.07, 6.45) is 3.48. The maximum absolute atomic E-state index is 14.9. The predicted molar refractivity (Wildman–Crippen MR) is 178 cm³/mol. The van der Waals surface area contributed by atoms with Crippen LogP contribution in [0.3, 0.4) is 0 Å². The number of anilines is 1. The number of nitrogens with one attached hydrogen (secondary N) is 4. The predicted octanol–water partition coefficient (Wildman–Crippen LogP) is 4.55. The first-order valence-corrected chi connectivity index (χ1v) is 16.0. The Morgan fingerprint density at radius 2 is 1.64 bits per heavy atom. The Kier molecular flexibility index (Phi) is 10.7. The Morgan fingerprint density at radius 1 is 0.957 bits per heavy atom. The Hall–Kier alpha value is -4.97. The summed E-state index contributed by atoms with van der Waals surface area (Å²) >= 11 is 0. The topological polar surface area (TPSA) is 168 Å². The zero-order valence-corrected chi connectivity index (χ0v) is 26.8. The smallest absolute Gasteiger partial charge is 0.251 e. The van der Waals surface area contributed by atoms with Gasteiger partial charge in [-0.15, -0.1) is 10.2 Å². The van der Waals surface area contributed by atoms with Crippen molar-refractivity contribution in [3.8, 4) is 22.5 Å². The van der Waals surface area contributed by atoms with Crippen LogP contribution in [0.15, 0.2) is 60.7 Å². The molecule has 12 heteroatoms. The summed E-state index contributed by atoms with van der Waals surface area (Å²) < 4.78 is 14.9. The molecule has 1 aliphatic carbocycles. The molecular weight excluding hydrogens is 599 g/mol. The standard InChI is InChI=1S/C35H41FN8O3/c1-20(2)38-34(46)27-17-29(21(3)30(36)18-27)24-8-4-22(5-9-24)16-31(40-33(45)26-10-6-23(19-37)7-11-26)35(47)39-28-14-12-25(13-15-28)32-41-43-44-42-32/h4-5,8-9,12-15,17-18,20,23,26,31H,6-7,10-11,16,19,37H2,1-3H3,(H,38,46)(H,39,47)(H,40,45)(H,41,42,43,44). The third-order valence-corrected chi connectivity index (χ3v) is 8.67. The van der Waals surface area contributed by atoms with Crippen LogP contribution in [0, 0.1) is 24.6 Å². The number of carbonyl (C=O) groups is 3. The quantitative estimate of drug-likeness (QED) is 0.160. The lowest BCUT2D eigenvalue weighted by atomic mass is 9.81. The highest BCUT2D eigenvalue weighted by Crippen LogP contribution is 2.30. The SMILES string of the molecule is Cc1c(F)cc(C(=O)NC(C)C)cc1-c1ccc(CC(NC(=O)C2CCC(CN)CC2)C(=O)Nc2ccc(-c3nn[nH]n3)cc2)cc1. The number of carbonyl (C=O) groups excluding carboxylic acids is 3. The summed E-state index contributed by atoms with van der Waals surface area (Å²) in [6, 6.07) is 16.4. The van der Waals surface area contributed by atoms with E-state index in [9.17, 15) is 18.8 Å². The van der Waals surface area contributed by atoms with Crippen LogP contribution in [0.25, 0.3) is 22.5 Å². The van der Waals surface area contributed by atoms with Gasteiger partial charge in [0.2, 0.25) is 17.6 Å². The van der Waals surface area contributed by atoms with E-state index >= 15 is 0 Å². The highest BCUT2D eigenvalue weighted by Gasteiger charge is 2.29. The van der Waals surface area contributed by atoms with E-state index in [0.717, 1.165) is 42.4 Å². The summed E-state index contributed by atoms with van der Waals surface area (Å²) in [5.74, 6) is -0.630. The number of nitrogens with zero attached hydrogens (tertiary/aromatic N) is 3. The molecule has 6 N–H and O–H groups in total. The van der Waals surface area contributed by atoms with Crippen LogP contribution in [-0.4, -0.2) is 57.0 Å². The molecule has 11 nitrogen and oxygen atoms in total. The molecule has 246 valence electrons. The van der Waals surface area contributed by atoms with E-state index in [1.807, 2.05) is 38.1 Å². The van der Waals surface area contributed by atoms with Gasteiger partial charge in [0.25, 0.3) is 5.91 Å². The van der Waals surface area contributed by atoms with Gasteiger partial charge in [-0.25, -0.2) is 4.39 Å². The van der Waals surface area contributed by atoms with E-state index in [1.54, 1.807) is 37.3 Å². The minimum absolute atomic E-state index is 0.0859. The van der Waals surface area contributed by atoms with Crippen LogP contribution in [0.1, 0.15) is 61.0 Å². The second kappa shape index (κ2) is 15.1. The van der Waals surface area contributed by atoms with Gasteiger partial charge in [0.05, 0.1) is 0 Å². The maximum atomic E-state index is 14.9. The average Bonchev–Trinajstić information content (AvgIpc) is 3.61. The summed E-state index contributed by atoms with van der Waals surface area (Å²) in [5.41, 5.74) is 9.94. The number of tetrazole rings is 1. The molecule has 1 atom stereocenters. The van der Waals surface area contributed by atoms with Crippen molar-refractivity contribution in [1.82, 2.24) is 31.3 Å². The molecule has 0 bridgehead atoms. The van der Waals surface area contributed by atoms with Crippen LogP contribution >= 0.6 is 0 Å². The lowest BCUT2D eigenvalue weighted by Crippen LogP contribution is -2.48. The van der Waals surface area contributed by atoms with E-state index in [-0.39, 0.29) is 41.7 Å². The Morgan fingerprint density at radius 3 is 2.26 bits per heavy atom. The van der Waals surface area contributed by atoms with Crippen molar-refractivity contribution in [3.63, 3.8) is 0 Å². The first-order chi connectivity index (χ1) is 22.6. The second-order valence-corrected chi connectivity index (χ2v) is 12.5. The van der Waals surface area contributed by atoms with E-state index in [0.29, 0.717) is 35.1 Å². The van der Waals surface area contributed by atoms with Crippen LogP contribution in [0.2, 0.25) is 0 Å². The molecule has 5 rings (SSSR count). The molecule has 3 aromatic carbocycles. The molecule has 0 saturated heterocycles. The Balaban J connectivity index is 1.34. The van der Waals surface area contributed by atoms with Crippen LogP contribution in [0.5, 0.6) is 0 Å². The normalized spacial score (nSPS) is 16.8. The second-order valence-electron chi connectivity index (χ2n) is 12.5. The molecule has 0 radical (unpaired) electrons. The van der Waals surface area contributed by atoms with E-state index in [4.69, 9.17) is 5.73 Å². The summed E-state index contributed by atoms with van der Waals surface area (Å²) in [7, 11) is 0. The minimum atomic E-state index is -0.847. The average molecular weight is 641 g/mol. The fourth-order valence-electron chi connectivity index (χ4n) is 5.89. The van der Waals surface area contributed by atoms with E-state index in [2.05, 4.69) is 36.6 Å². The lowest BCUT2D eigenvalue weighted by molar-refractivity contribution is -0.130. The number of benzene rings is 3. The number of hydrogen-bond acceptors (Lipinski definition) is 7. The van der Waals surface area contributed by atoms with Gasteiger partial charge in [0.1, 0.15) is 11.9 Å². The third-order valence-electron chi connectivity index (χ3n) is 8.67. The molecule has 1 heterocycles. The van der Waals surface area contributed by atoms with E-state index < -0.39 is 11.9 Å². The fraction of sp³-hybridized carbons (Fsp3) is 0.371. The molecule has 0 spiro atoms. The molecule has 3 amide bonds. The molecule has 1 aliphatic rings. The summed E-state index contributed by atoms with van der Waals surface area (Å²) in [6.45, 7) is 5.98. The van der Waals surface area contributed by atoms with Crippen LogP contribution < -0.4 is 21.7 Å². The van der Waals surface area contributed by atoms with Crippen molar-refractivity contribution in [2.75, 3.05) is 11.9 Å². The van der Waals surface area contributed by atoms with Gasteiger partial charge in [-0.05, 0) is 123 Å². The first kappa shape index (κ1) is 33.4. The van der Waals surface area contributed by atoms with Crippen molar-refractivity contribution >= 4 is 23.4 Å². The zero-order chi connectivity index (χ0) is 33.5. The monoisotopic (exact) mass is 640 g/mol. The maximum Gasteiger partial charge on any atom is 0.251 e. The van der Waals surface area contributed by atoms with Gasteiger partial charge in [-0.1, -0.05) is 24.3 Å². The molecule has 1 unspecified atom stereocenters. The van der Waals surface area contributed by atoms with Crippen molar-refractivity contribution in [1.29, 1.82) is 0 Å². The molecule has 0 aliphatic heterocycles. The van der Waals surface area contributed by atoms with E-state index in [1.165, 1.54) is 6.07 Å². The van der Waals surface area contributed by atoms with Gasteiger partial charge in [-0.3, -0.25) is 14.4 Å². The zero-order valence-electron chi connectivity index (χ0n) is 26.8. The number of aromatic amines is 1. The van der Waals surface area contributed by atoms with Crippen LogP contribution in [-0.2, 0) is 16.0 Å². The number of rotatable bonds is 11. The van der Waals surface area contributed by atoms with Crippen LogP contribution in [0.4, 0.5) is 10.1 Å². The molecular formula is C35H41FN8O3. The molecule has 4 aromatic rings. The highest BCUT2D eigenvalue weighted by atomic mass is 19.1. The molecule has 47 heavy (non-hydrogen) atoms. The van der Waals surface area contributed by atoms with Crippen molar-refractivity contribution in [3.05, 3.63) is 83.2 Å². The highest BCUT2D eigenvalue weighted by molar-refractivity contribution is 5.98. The largest absolute Gasteiger partial charge is 0.350 e. The number of amides is 3. The van der Waals surface area contributed by atoms with Crippen molar-refractivity contribution in [2.45, 2.75) is 65.0 Å². The van der Waals surface area contributed by atoms with Gasteiger partial charge in [0.15, 0.2) is 0 Å². The first-order valence-electron chi connectivity index (χ1n) is 16.0. The fourth-order valence-corrected chi connectivity index (χ4v) is 5.89. The number of halogens is 1. The van der Waals surface area contributed by atoms with Gasteiger partial charge < -0.3 is 21.7 Å². The number of aromatic nitrogens is 4. The number of hydrogen-bond donors (Lipinski definition) is 5. The van der Waals surface area contributed by atoms with Gasteiger partial charge in [0, 0.05) is 35.2 Å². The van der Waals surface area contributed by atoms with Gasteiger partial charge in [-0.2, -0.15) is 5.21 Å². The van der Waals surface area contributed by atoms with Gasteiger partial charge >= 0.3 is 0 Å². The molecule has 1 fully saturated rings. The third kappa shape index (κ3) is 8.44. The van der Waals surface area contributed by atoms with Crippen molar-refractivity contribution in [2.24, 2.45) is 17.6 Å². The number of nitrogens with two attached hydrogens (primary N) is 1. The number of H-pyrrole nitrogens is 1. The Bertz CT molecular complexity index is 1680.